The minimum atomic E-state index is -0.518. The van der Waals surface area contributed by atoms with Gasteiger partial charge in [-0.1, -0.05) is 30.4 Å². The van der Waals surface area contributed by atoms with Gasteiger partial charge in [-0.05, 0) is 18.1 Å². The van der Waals surface area contributed by atoms with Gasteiger partial charge in [-0.15, -0.1) is 0 Å². The molecule has 0 aliphatic carbocycles. The van der Waals surface area contributed by atoms with E-state index in [9.17, 15) is 14.4 Å². The number of fused-ring (bicyclic) bond motifs is 1. The normalized spacial score (nSPS) is 22.6. The minimum Gasteiger partial charge on any atom is -0.319 e. The van der Waals surface area contributed by atoms with E-state index < -0.39 is 6.04 Å². The first-order chi connectivity index (χ1) is 9.58. The van der Waals surface area contributed by atoms with E-state index in [1.54, 1.807) is 24.3 Å². The van der Waals surface area contributed by atoms with Crippen LogP contribution in [0.3, 0.4) is 0 Å². The third-order valence-electron chi connectivity index (χ3n) is 3.60. The van der Waals surface area contributed by atoms with Crippen molar-refractivity contribution in [1.82, 2.24) is 10.2 Å². The maximum Gasteiger partial charge on any atom is 0.261 e. The lowest BCUT2D eigenvalue weighted by molar-refractivity contribution is -0.130. The summed E-state index contributed by atoms with van der Waals surface area (Å²) < 4.78 is 0. The number of amides is 3. The number of piperidine rings is 1. The van der Waals surface area contributed by atoms with Gasteiger partial charge in [-0.3, -0.25) is 19.3 Å². The maximum atomic E-state index is 12.5. The second-order valence-corrected chi connectivity index (χ2v) is 5.31. The zero-order valence-electron chi connectivity index (χ0n) is 10.6. The van der Waals surface area contributed by atoms with Crippen molar-refractivity contribution in [2.45, 2.75) is 25.3 Å². The summed E-state index contributed by atoms with van der Waals surface area (Å²) in [6.45, 7) is 0. The van der Waals surface area contributed by atoms with E-state index >= 15 is 0 Å². The zero-order chi connectivity index (χ0) is 14.3. The van der Waals surface area contributed by atoms with Crippen LogP contribution in [0.2, 0.25) is 0 Å². The van der Waals surface area contributed by atoms with Crippen LogP contribution in [0.1, 0.15) is 28.8 Å². The van der Waals surface area contributed by atoms with Crippen LogP contribution in [0, 0.1) is 0 Å². The van der Waals surface area contributed by atoms with Crippen molar-refractivity contribution in [3.63, 3.8) is 0 Å². The van der Waals surface area contributed by atoms with E-state index in [4.69, 9.17) is 12.2 Å². The number of imide groups is 1. The minimum absolute atomic E-state index is 0.163. The smallest absolute Gasteiger partial charge is 0.261 e. The van der Waals surface area contributed by atoms with E-state index in [-0.39, 0.29) is 35.6 Å². The first kappa shape index (κ1) is 12.9. The quantitative estimate of drug-likeness (QED) is 0.613. The van der Waals surface area contributed by atoms with Gasteiger partial charge < -0.3 is 5.32 Å². The number of carbonyl (C=O) groups excluding carboxylic acids is 3. The van der Waals surface area contributed by atoms with Gasteiger partial charge >= 0.3 is 0 Å². The summed E-state index contributed by atoms with van der Waals surface area (Å²) in [6.07, 6.45) is 0.850. The Kier molecular flexibility index (Phi) is 3.10. The molecule has 5 nitrogen and oxygen atoms in total. The molecule has 1 unspecified atom stereocenters. The molecule has 0 aromatic heterocycles. The third kappa shape index (κ3) is 2.02. The molecule has 20 heavy (non-hydrogen) atoms. The molecule has 102 valence electrons. The summed E-state index contributed by atoms with van der Waals surface area (Å²) >= 11 is 5.11. The molecule has 2 aliphatic rings. The number of thiocarbonyl (C=S) groups is 1. The highest BCUT2D eigenvalue weighted by Gasteiger charge is 2.39. The van der Waals surface area contributed by atoms with E-state index in [2.05, 4.69) is 5.32 Å². The molecular weight excluding hydrogens is 276 g/mol. The number of rotatable bonds is 1. The largest absolute Gasteiger partial charge is 0.319 e. The molecule has 1 aromatic rings. The number of hydrogen-bond donors (Lipinski definition) is 1. The summed E-state index contributed by atoms with van der Waals surface area (Å²) in [5.74, 6) is -0.763. The molecule has 0 saturated carbocycles. The van der Waals surface area contributed by atoms with Gasteiger partial charge in [0.25, 0.3) is 5.91 Å². The second-order valence-electron chi connectivity index (χ2n) is 4.87. The van der Waals surface area contributed by atoms with Crippen LogP contribution in [0.4, 0.5) is 0 Å². The lowest BCUT2D eigenvalue weighted by Gasteiger charge is -2.36. The van der Waals surface area contributed by atoms with Gasteiger partial charge in [0, 0.05) is 12.0 Å². The standard InChI is InChI=1S/C14H12N2O3S/c17-11-6-5-10(13(20)15-11)16-12(18)7-8-3-1-2-4-9(8)14(16)19/h1-4,10H,5-7H2,(H,15,17,20). The summed E-state index contributed by atoms with van der Waals surface area (Å²) in [6, 6.07) is 6.55. The fourth-order valence-corrected chi connectivity index (χ4v) is 2.96. The highest BCUT2D eigenvalue weighted by molar-refractivity contribution is 7.80. The van der Waals surface area contributed by atoms with Crippen LogP contribution >= 0.6 is 12.2 Å². The molecule has 1 N–H and O–H groups in total. The molecule has 1 fully saturated rings. The molecule has 2 aliphatic heterocycles. The summed E-state index contributed by atoms with van der Waals surface area (Å²) in [5.41, 5.74) is 1.27. The number of carbonyl (C=O) groups is 3. The fraction of sp³-hybridized carbons (Fsp3) is 0.286. The van der Waals surface area contributed by atoms with Crippen molar-refractivity contribution in [1.29, 1.82) is 0 Å². The summed E-state index contributed by atoms with van der Waals surface area (Å²) in [5, 5.41) is 2.54. The molecule has 0 spiro atoms. The maximum absolute atomic E-state index is 12.5. The Balaban J connectivity index is 1.95. The topological polar surface area (TPSA) is 66.5 Å². The lowest BCUT2D eigenvalue weighted by Crippen LogP contribution is -2.57. The van der Waals surface area contributed by atoms with Gasteiger partial charge in [0.05, 0.1) is 12.5 Å². The van der Waals surface area contributed by atoms with Crippen molar-refractivity contribution in [3.05, 3.63) is 35.4 Å². The van der Waals surface area contributed by atoms with Crippen molar-refractivity contribution in [2.24, 2.45) is 0 Å². The van der Waals surface area contributed by atoms with Gasteiger partial charge in [-0.25, -0.2) is 0 Å². The third-order valence-corrected chi connectivity index (χ3v) is 3.97. The van der Waals surface area contributed by atoms with Crippen molar-refractivity contribution in [3.8, 4) is 0 Å². The SMILES string of the molecule is O=C1CCC(N2C(=O)Cc3ccccc3C2=O)C(=S)N1. The van der Waals surface area contributed by atoms with Crippen LogP contribution in [-0.2, 0) is 16.0 Å². The van der Waals surface area contributed by atoms with Crippen LogP contribution in [0.5, 0.6) is 0 Å². The molecule has 3 amide bonds. The molecule has 0 radical (unpaired) electrons. The highest BCUT2D eigenvalue weighted by Crippen LogP contribution is 2.24. The van der Waals surface area contributed by atoms with Crippen LogP contribution in [0.25, 0.3) is 0 Å². The van der Waals surface area contributed by atoms with Gasteiger partial charge in [0.1, 0.15) is 4.99 Å². The average molecular weight is 288 g/mol. The number of nitrogens with one attached hydrogen (secondary N) is 1. The molecule has 3 rings (SSSR count). The van der Waals surface area contributed by atoms with E-state index in [0.29, 0.717) is 12.0 Å². The van der Waals surface area contributed by atoms with Crippen LogP contribution in [0.15, 0.2) is 24.3 Å². The summed E-state index contributed by atoms with van der Waals surface area (Å²) in [4.78, 5) is 37.4. The van der Waals surface area contributed by atoms with Gasteiger partial charge in [0.15, 0.2) is 0 Å². The Morgan fingerprint density at radius 2 is 1.95 bits per heavy atom. The zero-order valence-corrected chi connectivity index (χ0v) is 11.4. The molecule has 1 saturated heterocycles. The molecule has 1 atom stereocenters. The molecule has 2 heterocycles. The van der Waals surface area contributed by atoms with Gasteiger partial charge in [0.2, 0.25) is 11.8 Å². The van der Waals surface area contributed by atoms with Crippen molar-refractivity contribution < 1.29 is 14.4 Å². The second kappa shape index (κ2) is 4.79. The first-order valence-electron chi connectivity index (χ1n) is 6.36. The van der Waals surface area contributed by atoms with Gasteiger partial charge in [-0.2, -0.15) is 0 Å². The Morgan fingerprint density at radius 1 is 1.20 bits per heavy atom. The number of benzene rings is 1. The fourth-order valence-electron chi connectivity index (χ4n) is 2.62. The molecule has 1 aromatic carbocycles. The summed E-state index contributed by atoms with van der Waals surface area (Å²) in [7, 11) is 0. The van der Waals surface area contributed by atoms with Crippen molar-refractivity contribution in [2.75, 3.05) is 0 Å². The Morgan fingerprint density at radius 3 is 2.70 bits per heavy atom. The predicted molar refractivity (Wildman–Crippen MR) is 75.1 cm³/mol. The Labute approximate surface area is 120 Å². The lowest BCUT2D eigenvalue weighted by atomic mass is 9.95. The first-order valence-corrected chi connectivity index (χ1v) is 6.77. The van der Waals surface area contributed by atoms with E-state index in [1.165, 1.54) is 4.90 Å². The average Bonchev–Trinajstić information content (AvgIpc) is 2.41. The molecule has 0 bridgehead atoms. The molecule has 6 heteroatoms. The van der Waals surface area contributed by atoms with Crippen molar-refractivity contribution >= 4 is 34.9 Å². The predicted octanol–water partition coefficient (Wildman–Crippen LogP) is 0.818. The van der Waals surface area contributed by atoms with Crippen LogP contribution in [-0.4, -0.2) is 33.7 Å². The number of hydrogen-bond acceptors (Lipinski definition) is 4. The Hall–Kier alpha value is -2.08. The number of nitrogens with zero attached hydrogens (tertiary/aromatic N) is 1. The van der Waals surface area contributed by atoms with E-state index in [1.807, 2.05) is 0 Å². The molecular formula is C14H12N2O3S. The van der Waals surface area contributed by atoms with Crippen LogP contribution < -0.4 is 5.32 Å². The monoisotopic (exact) mass is 288 g/mol. The van der Waals surface area contributed by atoms with E-state index in [0.717, 1.165) is 5.56 Å². The Bertz CT molecular complexity index is 641. The highest BCUT2D eigenvalue weighted by atomic mass is 32.1.